The van der Waals surface area contributed by atoms with Gasteiger partial charge in [-0.15, -0.1) is 0 Å². The van der Waals surface area contributed by atoms with Crippen LogP contribution in [-0.2, 0) is 9.59 Å². The molecule has 5 heteroatoms. The van der Waals surface area contributed by atoms with Crippen molar-refractivity contribution in [3.8, 4) is 0 Å². The molecule has 0 aromatic heterocycles. The molecule has 4 nitrogen and oxygen atoms in total. The maximum absolute atomic E-state index is 10.2. The maximum Gasteiger partial charge on any atom is 2.00 e. The number of carboxylic acids is 2. The zero-order valence-electron chi connectivity index (χ0n) is 28.7. The fraction of sp³-hybridized carbons (Fsp3) is 0.550. The predicted octanol–water partition coefficient (Wildman–Crippen LogP) is 9.38. The molecule has 0 rings (SSSR count). The van der Waals surface area contributed by atoms with E-state index in [0.29, 0.717) is 12.8 Å². The number of rotatable bonds is 28. The molecule has 0 N–H and O–H groups in total. The first-order chi connectivity index (χ1) is 21.5. The molecule has 0 amide bonds. The first-order valence-corrected chi connectivity index (χ1v) is 17.1. The van der Waals surface area contributed by atoms with E-state index in [9.17, 15) is 19.8 Å². The molecule has 0 aliphatic rings. The Morgan fingerprint density at radius 1 is 0.378 bits per heavy atom. The molecular formula is C40H62CaO4. The third kappa shape index (κ3) is 52.0. The summed E-state index contributed by atoms with van der Waals surface area (Å²) in [7, 11) is 0. The van der Waals surface area contributed by atoms with Gasteiger partial charge in [0.1, 0.15) is 0 Å². The Balaban J connectivity index is -0.000000767. The van der Waals surface area contributed by atoms with Crippen LogP contribution in [-0.4, -0.2) is 49.7 Å². The van der Waals surface area contributed by atoms with Crippen LogP contribution in [0.5, 0.6) is 0 Å². The molecule has 45 heavy (non-hydrogen) atoms. The third-order valence-corrected chi connectivity index (χ3v) is 6.42. The van der Waals surface area contributed by atoms with Crippen LogP contribution in [0.15, 0.2) is 97.2 Å². The van der Waals surface area contributed by atoms with Gasteiger partial charge in [-0.2, -0.15) is 0 Å². The van der Waals surface area contributed by atoms with Crippen LogP contribution in [0.25, 0.3) is 0 Å². The molecule has 0 aliphatic heterocycles. The third-order valence-electron chi connectivity index (χ3n) is 6.42. The second kappa shape index (κ2) is 44.2. The van der Waals surface area contributed by atoms with Crippen molar-refractivity contribution in [1.82, 2.24) is 0 Å². The van der Waals surface area contributed by atoms with Crippen molar-refractivity contribution in [2.75, 3.05) is 0 Å². The van der Waals surface area contributed by atoms with E-state index in [4.69, 9.17) is 0 Å². The van der Waals surface area contributed by atoms with Gasteiger partial charge in [0.15, 0.2) is 0 Å². The van der Waals surface area contributed by atoms with Gasteiger partial charge in [-0.25, -0.2) is 0 Å². The van der Waals surface area contributed by atoms with Gasteiger partial charge in [-0.1, -0.05) is 137 Å². The second-order valence-corrected chi connectivity index (χ2v) is 10.7. The number of unbranched alkanes of at least 4 members (excludes halogenated alkanes) is 8. The van der Waals surface area contributed by atoms with E-state index < -0.39 is 11.9 Å². The van der Waals surface area contributed by atoms with Crippen molar-refractivity contribution in [2.45, 2.75) is 142 Å². The first kappa shape index (κ1) is 47.5. The van der Waals surface area contributed by atoms with Crippen molar-refractivity contribution in [3.05, 3.63) is 97.2 Å². The summed E-state index contributed by atoms with van der Waals surface area (Å²) in [6, 6.07) is 0. The van der Waals surface area contributed by atoms with Crippen molar-refractivity contribution >= 4 is 49.7 Å². The van der Waals surface area contributed by atoms with Crippen LogP contribution < -0.4 is 10.2 Å². The molecule has 0 heterocycles. The maximum atomic E-state index is 10.2. The van der Waals surface area contributed by atoms with Crippen LogP contribution >= 0.6 is 0 Å². The topological polar surface area (TPSA) is 80.3 Å². The number of carboxylic acid groups (broad SMARTS) is 2. The number of carbonyl (C=O) groups excluding carboxylic acids is 2. The molecule has 0 radical (unpaired) electrons. The van der Waals surface area contributed by atoms with E-state index in [1.54, 1.807) is 0 Å². The number of hydrogen-bond acceptors (Lipinski definition) is 4. The predicted molar refractivity (Wildman–Crippen MR) is 193 cm³/mol. The van der Waals surface area contributed by atoms with Crippen LogP contribution in [0.4, 0.5) is 0 Å². The Morgan fingerprint density at radius 3 is 0.822 bits per heavy atom. The smallest absolute Gasteiger partial charge is 0.550 e. The van der Waals surface area contributed by atoms with Gasteiger partial charge in [0, 0.05) is 11.9 Å². The van der Waals surface area contributed by atoms with Crippen molar-refractivity contribution in [1.29, 1.82) is 0 Å². The van der Waals surface area contributed by atoms with Gasteiger partial charge in [-0.3, -0.25) is 0 Å². The van der Waals surface area contributed by atoms with Gasteiger partial charge in [0.25, 0.3) is 0 Å². The molecule has 0 bridgehead atoms. The fourth-order valence-electron chi connectivity index (χ4n) is 3.85. The molecule has 248 valence electrons. The second-order valence-electron chi connectivity index (χ2n) is 10.7. The molecule has 0 spiro atoms. The van der Waals surface area contributed by atoms with E-state index in [1.165, 1.54) is 51.4 Å². The average Bonchev–Trinajstić information content (AvgIpc) is 3.00. The quantitative estimate of drug-likeness (QED) is 0.0482. The Morgan fingerprint density at radius 2 is 0.600 bits per heavy atom. The van der Waals surface area contributed by atoms with Crippen LogP contribution in [0.2, 0.25) is 0 Å². The molecule has 0 aliphatic carbocycles. The fourth-order valence-corrected chi connectivity index (χ4v) is 3.85. The summed E-state index contributed by atoms with van der Waals surface area (Å²) in [5.41, 5.74) is 0. The van der Waals surface area contributed by atoms with Gasteiger partial charge >= 0.3 is 37.7 Å². The molecule has 0 unspecified atom stereocenters. The summed E-state index contributed by atoms with van der Waals surface area (Å²) >= 11 is 0. The number of carbonyl (C=O) groups is 2. The minimum atomic E-state index is -0.962. The largest absolute Gasteiger partial charge is 2.00 e. The normalized spacial score (nSPS) is 12.1. The van der Waals surface area contributed by atoms with E-state index in [-0.39, 0.29) is 50.6 Å². The number of hydrogen-bond donors (Lipinski definition) is 0. The average molecular weight is 647 g/mol. The summed E-state index contributed by atoms with van der Waals surface area (Å²) < 4.78 is 0. The van der Waals surface area contributed by atoms with Crippen molar-refractivity contribution < 1.29 is 19.8 Å². The zero-order chi connectivity index (χ0) is 32.6. The van der Waals surface area contributed by atoms with E-state index in [0.717, 1.165) is 51.4 Å². The van der Waals surface area contributed by atoms with Gasteiger partial charge < -0.3 is 19.8 Å². The van der Waals surface area contributed by atoms with Crippen molar-refractivity contribution in [3.63, 3.8) is 0 Å². The van der Waals surface area contributed by atoms with Gasteiger partial charge in [-0.05, 0) is 103 Å². The van der Waals surface area contributed by atoms with E-state index in [2.05, 4.69) is 98.9 Å². The molecule has 0 aromatic carbocycles. The van der Waals surface area contributed by atoms with Crippen molar-refractivity contribution in [2.24, 2.45) is 0 Å². The minimum absolute atomic E-state index is 0. The molecule has 0 fully saturated rings. The number of aliphatic carboxylic acids is 2. The Labute approximate surface area is 306 Å². The van der Waals surface area contributed by atoms with Crippen LogP contribution in [0.1, 0.15) is 142 Å². The van der Waals surface area contributed by atoms with Crippen LogP contribution in [0.3, 0.4) is 0 Å². The minimum Gasteiger partial charge on any atom is -0.550 e. The summed E-state index contributed by atoms with van der Waals surface area (Å²) in [4.78, 5) is 20.4. The Hall–Kier alpha value is -1.88. The number of allylic oxidation sites excluding steroid dienone is 16. The monoisotopic (exact) mass is 646 g/mol. The Bertz CT molecular complexity index is 803. The standard InChI is InChI=1S/2C20H32O2.Ca/c2*1-2-3-4-5-6-7-8-9-10-11-12-13-14-15-16-17-18-19-20(21)22;/h2*6-7,9-10,12-13,15-16H,2-5,8,11,14,17-19H2,1H3,(H,21,22);/q;;+2/p-2/b2*7-6-,10-9-,13-12-,16-15-;. The van der Waals surface area contributed by atoms with E-state index >= 15 is 0 Å². The van der Waals surface area contributed by atoms with Gasteiger partial charge in [0.05, 0.1) is 0 Å². The summed E-state index contributed by atoms with van der Waals surface area (Å²) in [6.45, 7) is 4.46. The molecular weight excluding hydrogens is 585 g/mol. The zero-order valence-corrected chi connectivity index (χ0v) is 30.9. The molecule has 0 saturated carbocycles. The summed E-state index contributed by atoms with van der Waals surface area (Å²) in [5.74, 6) is -1.92. The summed E-state index contributed by atoms with van der Waals surface area (Å²) in [5, 5.41) is 20.4. The van der Waals surface area contributed by atoms with Gasteiger partial charge in [0.2, 0.25) is 0 Å². The first-order valence-electron chi connectivity index (χ1n) is 17.1. The summed E-state index contributed by atoms with van der Waals surface area (Å²) in [6.07, 6.45) is 54.0. The molecule has 0 saturated heterocycles. The van der Waals surface area contributed by atoms with Crippen LogP contribution in [0, 0.1) is 0 Å². The molecule has 0 atom stereocenters. The Kier molecular flexibility index (Phi) is 46.7. The molecule has 0 aromatic rings. The van der Waals surface area contributed by atoms with E-state index in [1.807, 2.05) is 12.2 Å². The SMILES string of the molecule is CCCCC/C=C\C/C=C\C/C=C\C/C=C\CCCC(=O)[O-].CCCCC/C=C\C/C=C\C/C=C\C/C=C\CCCC(=O)[O-].[Ca+2].